The predicted octanol–water partition coefficient (Wildman–Crippen LogP) is 3.90. The monoisotopic (exact) mass is 406 g/mol. The number of benzene rings is 2. The number of hydrogen-bond acceptors (Lipinski definition) is 5. The molecule has 0 fully saturated rings. The molecule has 0 radical (unpaired) electrons. The fourth-order valence-corrected chi connectivity index (χ4v) is 4.28. The molecule has 29 heavy (non-hydrogen) atoms. The van der Waals surface area contributed by atoms with Crippen molar-refractivity contribution >= 4 is 38.4 Å². The van der Waals surface area contributed by atoms with Crippen LogP contribution in [-0.2, 0) is 17.8 Å². The Labute approximate surface area is 172 Å². The minimum atomic E-state index is -0.184. The van der Waals surface area contributed by atoms with E-state index in [4.69, 9.17) is 0 Å². The summed E-state index contributed by atoms with van der Waals surface area (Å²) in [5.74, 6) is 0.519. The molecule has 1 amide bonds. The Hall–Kier alpha value is -3.06. The van der Waals surface area contributed by atoms with Gasteiger partial charge in [0.05, 0.1) is 32.7 Å². The molecule has 0 saturated heterocycles. The van der Waals surface area contributed by atoms with Gasteiger partial charge >= 0.3 is 0 Å². The van der Waals surface area contributed by atoms with Gasteiger partial charge in [-0.2, -0.15) is 0 Å². The summed E-state index contributed by atoms with van der Waals surface area (Å²) in [5, 5.41) is 1.51. The Kier molecular flexibility index (Phi) is 5.40. The molecule has 0 saturated carbocycles. The van der Waals surface area contributed by atoms with E-state index < -0.39 is 0 Å². The number of amides is 1. The lowest BCUT2D eigenvalue weighted by atomic mass is 10.2. The Morgan fingerprint density at radius 1 is 1.07 bits per heavy atom. The first-order chi connectivity index (χ1) is 14.0. The minimum Gasteiger partial charge on any atom is -0.333 e. The molecular weight excluding hydrogens is 384 g/mol. The second-order valence-corrected chi connectivity index (χ2v) is 8.34. The Balaban J connectivity index is 1.49. The van der Waals surface area contributed by atoms with Crippen LogP contribution in [0.25, 0.3) is 21.1 Å². The molecule has 6 nitrogen and oxygen atoms in total. The predicted molar refractivity (Wildman–Crippen MR) is 116 cm³/mol. The third-order valence-electron chi connectivity index (χ3n) is 4.82. The SMILES string of the molecule is CC(C)N(Cc1nc2ccccc2c(=O)[nH]1)C(=O)CCc1nc2ccccc2s1. The molecule has 4 rings (SSSR count). The van der Waals surface area contributed by atoms with Crippen LogP contribution in [0.2, 0.25) is 0 Å². The van der Waals surface area contributed by atoms with Crippen molar-refractivity contribution < 1.29 is 4.79 Å². The highest BCUT2D eigenvalue weighted by Crippen LogP contribution is 2.23. The number of nitrogens with zero attached hydrogens (tertiary/aromatic N) is 3. The lowest BCUT2D eigenvalue weighted by Gasteiger charge is -2.26. The lowest BCUT2D eigenvalue weighted by molar-refractivity contribution is -0.133. The number of aromatic amines is 1. The minimum absolute atomic E-state index is 0.00496. The first-order valence-corrected chi connectivity index (χ1v) is 10.4. The molecule has 0 unspecified atom stereocenters. The second-order valence-electron chi connectivity index (χ2n) is 7.22. The van der Waals surface area contributed by atoms with Gasteiger partial charge in [0.2, 0.25) is 5.91 Å². The number of fused-ring (bicyclic) bond motifs is 2. The number of carbonyl (C=O) groups is 1. The number of aryl methyl sites for hydroxylation is 1. The normalized spacial score (nSPS) is 11.4. The van der Waals surface area contributed by atoms with Crippen molar-refractivity contribution in [2.45, 2.75) is 39.3 Å². The third-order valence-corrected chi connectivity index (χ3v) is 5.91. The Bertz CT molecular complexity index is 1200. The van der Waals surface area contributed by atoms with Crippen molar-refractivity contribution in [2.75, 3.05) is 0 Å². The average Bonchev–Trinajstić information content (AvgIpc) is 3.13. The van der Waals surface area contributed by atoms with Gasteiger partial charge in [-0.15, -0.1) is 11.3 Å². The van der Waals surface area contributed by atoms with E-state index in [2.05, 4.69) is 15.0 Å². The lowest BCUT2D eigenvalue weighted by Crippen LogP contribution is -2.37. The highest BCUT2D eigenvalue weighted by Gasteiger charge is 2.19. The summed E-state index contributed by atoms with van der Waals surface area (Å²) in [6.45, 7) is 4.21. The molecule has 2 heterocycles. The van der Waals surface area contributed by atoms with Gasteiger partial charge < -0.3 is 9.88 Å². The number of para-hydroxylation sites is 2. The molecule has 0 aliphatic rings. The van der Waals surface area contributed by atoms with E-state index in [0.717, 1.165) is 15.2 Å². The highest BCUT2D eigenvalue weighted by molar-refractivity contribution is 7.18. The summed E-state index contributed by atoms with van der Waals surface area (Å²) in [6, 6.07) is 15.2. The maximum atomic E-state index is 12.9. The van der Waals surface area contributed by atoms with Crippen LogP contribution in [0.1, 0.15) is 31.1 Å². The quantitative estimate of drug-likeness (QED) is 0.527. The van der Waals surface area contributed by atoms with Crippen LogP contribution in [0.5, 0.6) is 0 Å². The molecule has 0 aliphatic carbocycles. The van der Waals surface area contributed by atoms with E-state index in [-0.39, 0.29) is 24.1 Å². The van der Waals surface area contributed by atoms with E-state index in [9.17, 15) is 9.59 Å². The first kappa shape index (κ1) is 19.3. The zero-order valence-corrected chi connectivity index (χ0v) is 17.2. The maximum Gasteiger partial charge on any atom is 0.258 e. The maximum absolute atomic E-state index is 12.9. The topological polar surface area (TPSA) is 79.0 Å². The number of hydrogen-bond donors (Lipinski definition) is 1. The highest BCUT2D eigenvalue weighted by atomic mass is 32.1. The second kappa shape index (κ2) is 8.13. The number of aromatic nitrogens is 3. The van der Waals surface area contributed by atoms with Crippen LogP contribution in [0.3, 0.4) is 0 Å². The zero-order valence-electron chi connectivity index (χ0n) is 16.4. The fraction of sp³-hybridized carbons (Fsp3) is 0.273. The van der Waals surface area contributed by atoms with Crippen molar-refractivity contribution in [1.29, 1.82) is 0 Å². The van der Waals surface area contributed by atoms with Gasteiger partial charge in [-0.1, -0.05) is 24.3 Å². The van der Waals surface area contributed by atoms with E-state index in [0.29, 0.717) is 29.6 Å². The van der Waals surface area contributed by atoms with Gasteiger partial charge in [0.15, 0.2) is 0 Å². The van der Waals surface area contributed by atoms with E-state index in [1.807, 2.05) is 56.3 Å². The van der Waals surface area contributed by atoms with E-state index in [1.165, 1.54) is 0 Å². The molecule has 1 N–H and O–H groups in total. The van der Waals surface area contributed by atoms with Crippen molar-refractivity contribution in [3.8, 4) is 0 Å². The third kappa shape index (κ3) is 4.19. The molecule has 7 heteroatoms. The van der Waals surface area contributed by atoms with Gasteiger partial charge in [-0.25, -0.2) is 9.97 Å². The largest absolute Gasteiger partial charge is 0.333 e. The van der Waals surface area contributed by atoms with Crippen molar-refractivity contribution in [3.63, 3.8) is 0 Å². The van der Waals surface area contributed by atoms with Crippen molar-refractivity contribution in [2.24, 2.45) is 0 Å². The van der Waals surface area contributed by atoms with Crippen LogP contribution in [0.4, 0.5) is 0 Å². The number of thiazole rings is 1. The van der Waals surface area contributed by atoms with Gasteiger partial charge in [0, 0.05) is 18.9 Å². The number of nitrogens with one attached hydrogen (secondary N) is 1. The smallest absolute Gasteiger partial charge is 0.258 e. The number of H-pyrrole nitrogens is 1. The number of rotatable bonds is 6. The first-order valence-electron chi connectivity index (χ1n) is 9.63. The molecule has 4 aromatic rings. The van der Waals surface area contributed by atoms with Crippen LogP contribution in [0.15, 0.2) is 53.3 Å². The molecule has 0 spiro atoms. The molecule has 0 atom stereocenters. The molecule has 148 valence electrons. The summed E-state index contributed by atoms with van der Waals surface area (Å²) in [7, 11) is 0. The van der Waals surface area contributed by atoms with Crippen molar-refractivity contribution in [3.05, 3.63) is 69.7 Å². The molecule has 0 bridgehead atoms. The zero-order chi connectivity index (χ0) is 20.4. The molecule has 2 aromatic carbocycles. The van der Waals surface area contributed by atoms with Crippen LogP contribution >= 0.6 is 11.3 Å². The Morgan fingerprint density at radius 3 is 2.55 bits per heavy atom. The average molecular weight is 407 g/mol. The van der Waals surface area contributed by atoms with Gasteiger partial charge in [-0.3, -0.25) is 9.59 Å². The molecule has 2 aromatic heterocycles. The van der Waals surface area contributed by atoms with Crippen molar-refractivity contribution in [1.82, 2.24) is 19.9 Å². The summed E-state index contributed by atoms with van der Waals surface area (Å²) in [5.41, 5.74) is 1.42. The van der Waals surface area contributed by atoms with Crippen LogP contribution in [-0.4, -0.2) is 31.8 Å². The van der Waals surface area contributed by atoms with Gasteiger partial charge in [0.25, 0.3) is 5.56 Å². The van der Waals surface area contributed by atoms with Gasteiger partial charge in [0.1, 0.15) is 5.82 Å². The number of carbonyl (C=O) groups excluding carboxylic acids is 1. The summed E-state index contributed by atoms with van der Waals surface area (Å²) >= 11 is 1.63. The molecule has 0 aliphatic heterocycles. The molecular formula is C22H22N4O2S. The van der Waals surface area contributed by atoms with Gasteiger partial charge in [-0.05, 0) is 38.1 Å². The Morgan fingerprint density at radius 2 is 1.79 bits per heavy atom. The van der Waals surface area contributed by atoms with E-state index >= 15 is 0 Å². The summed E-state index contributed by atoms with van der Waals surface area (Å²) < 4.78 is 1.13. The van der Waals surface area contributed by atoms with Crippen LogP contribution in [0, 0.1) is 0 Å². The standard InChI is InChI=1S/C22H22N4O2S/c1-14(2)26(13-19-23-16-8-4-3-7-15(16)22(28)25-19)21(27)12-11-20-24-17-9-5-6-10-18(17)29-20/h3-10,14H,11-13H2,1-2H3,(H,23,25,28). The fourth-order valence-electron chi connectivity index (χ4n) is 3.31. The van der Waals surface area contributed by atoms with Crippen LogP contribution < -0.4 is 5.56 Å². The summed E-state index contributed by atoms with van der Waals surface area (Å²) in [4.78, 5) is 38.9. The van der Waals surface area contributed by atoms with E-state index in [1.54, 1.807) is 22.3 Å². The summed E-state index contributed by atoms with van der Waals surface area (Å²) in [6.07, 6.45) is 0.971.